The SMILES string of the molecule is C=Cc1cccc2c1CN(C1CCC1)C2=O. The van der Waals surface area contributed by atoms with E-state index in [2.05, 4.69) is 6.58 Å². The number of hydrogen-bond acceptors (Lipinski definition) is 1. The van der Waals surface area contributed by atoms with E-state index in [0.29, 0.717) is 6.04 Å². The minimum atomic E-state index is 0.211. The summed E-state index contributed by atoms with van der Waals surface area (Å²) in [5.41, 5.74) is 3.14. The molecule has 82 valence electrons. The van der Waals surface area contributed by atoms with Gasteiger partial charge in [-0.25, -0.2) is 0 Å². The van der Waals surface area contributed by atoms with Gasteiger partial charge >= 0.3 is 0 Å². The van der Waals surface area contributed by atoms with Crippen molar-refractivity contribution in [3.8, 4) is 0 Å². The molecule has 1 amide bonds. The molecule has 3 rings (SSSR count). The molecule has 1 heterocycles. The molecule has 0 spiro atoms. The minimum absolute atomic E-state index is 0.211. The second-order valence-corrected chi connectivity index (χ2v) is 4.60. The maximum absolute atomic E-state index is 12.2. The molecule has 1 aromatic rings. The number of nitrogens with zero attached hydrogens (tertiary/aromatic N) is 1. The summed E-state index contributed by atoms with van der Waals surface area (Å²) in [4.78, 5) is 14.2. The molecule has 2 nitrogen and oxygen atoms in total. The second kappa shape index (κ2) is 3.48. The monoisotopic (exact) mass is 213 g/mol. The lowest BCUT2D eigenvalue weighted by Crippen LogP contribution is -2.40. The van der Waals surface area contributed by atoms with Gasteiger partial charge in [0.25, 0.3) is 5.91 Å². The Balaban J connectivity index is 1.99. The average Bonchev–Trinajstić information content (AvgIpc) is 2.55. The first-order valence-electron chi connectivity index (χ1n) is 5.86. The molecule has 16 heavy (non-hydrogen) atoms. The molecule has 0 unspecified atom stereocenters. The van der Waals surface area contributed by atoms with Gasteiger partial charge in [0.1, 0.15) is 0 Å². The van der Waals surface area contributed by atoms with Crippen molar-refractivity contribution < 1.29 is 4.79 Å². The fourth-order valence-electron chi connectivity index (χ4n) is 2.56. The number of amides is 1. The van der Waals surface area contributed by atoms with Gasteiger partial charge in [0.15, 0.2) is 0 Å². The summed E-state index contributed by atoms with van der Waals surface area (Å²) < 4.78 is 0. The Hall–Kier alpha value is -1.57. The van der Waals surface area contributed by atoms with Crippen LogP contribution >= 0.6 is 0 Å². The Morgan fingerprint density at radius 1 is 1.38 bits per heavy atom. The molecule has 0 N–H and O–H groups in total. The van der Waals surface area contributed by atoms with Crippen molar-refractivity contribution in [3.63, 3.8) is 0 Å². The van der Waals surface area contributed by atoms with Crippen LogP contribution in [0.3, 0.4) is 0 Å². The molecule has 0 radical (unpaired) electrons. The van der Waals surface area contributed by atoms with Crippen LogP contribution in [0.15, 0.2) is 24.8 Å². The van der Waals surface area contributed by atoms with Crippen LogP contribution in [0.5, 0.6) is 0 Å². The summed E-state index contributed by atoms with van der Waals surface area (Å²) in [5.74, 6) is 0.211. The third-order valence-electron chi connectivity index (χ3n) is 3.77. The molecule has 1 aliphatic heterocycles. The molecule has 1 saturated carbocycles. The highest BCUT2D eigenvalue weighted by molar-refractivity contribution is 5.99. The minimum Gasteiger partial charge on any atom is -0.331 e. The second-order valence-electron chi connectivity index (χ2n) is 4.60. The lowest BCUT2D eigenvalue weighted by atomic mass is 9.92. The molecule has 2 heteroatoms. The van der Waals surface area contributed by atoms with E-state index in [1.54, 1.807) is 0 Å². The molecular weight excluding hydrogens is 198 g/mol. The zero-order valence-corrected chi connectivity index (χ0v) is 9.28. The first kappa shape index (κ1) is 9.64. The van der Waals surface area contributed by atoms with Gasteiger partial charge < -0.3 is 4.90 Å². The van der Waals surface area contributed by atoms with E-state index in [9.17, 15) is 4.79 Å². The van der Waals surface area contributed by atoms with E-state index in [4.69, 9.17) is 0 Å². The predicted octanol–water partition coefficient (Wildman–Crippen LogP) is 2.84. The van der Waals surface area contributed by atoms with Gasteiger partial charge in [-0.2, -0.15) is 0 Å². The van der Waals surface area contributed by atoms with Crippen LogP contribution in [0.25, 0.3) is 6.08 Å². The average molecular weight is 213 g/mol. The first-order chi connectivity index (χ1) is 7.81. The highest BCUT2D eigenvalue weighted by atomic mass is 16.2. The van der Waals surface area contributed by atoms with Gasteiger partial charge in [-0.1, -0.05) is 24.8 Å². The largest absolute Gasteiger partial charge is 0.331 e. The number of carbonyl (C=O) groups excluding carboxylic acids is 1. The van der Waals surface area contributed by atoms with Crippen molar-refractivity contribution >= 4 is 12.0 Å². The Bertz CT molecular complexity index is 460. The molecule has 0 saturated heterocycles. The fraction of sp³-hybridized carbons (Fsp3) is 0.357. The highest BCUT2D eigenvalue weighted by Gasteiger charge is 2.35. The Morgan fingerprint density at radius 2 is 2.19 bits per heavy atom. The zero-order valence-electron chi connectivity index (χ0n) is 9.28. The quantitative estimate of drug-likeness (QED) is 0.739. The lowest BCUT2D eigenvalue weighted by Gasteiger charge is -2.34. The van der Waals surface area contributed by atoms with Crippen LogP contribution in [-0.4, -0.2) is 16.8 Å². The first-order valence-corrected chi connectivity index (χ1v) is 5.86. The summed E-state index contributed by atoms with van der Waals surface area (Å²) in [6.07, 6.45) is 5.45. The van der Waals surface area contributed by atoms with Crippen LogP contribution < -0.4 is 0 Å². The van der Waals surface area contributed by atoms with Crippen molar-refractivity contribution in [2.45, 2.75) is 31.8 Å². The molecular formula is C14H15NO. The third kappa shape index (κ3) is 1.22. The molecule has 0 aromatic heterocycles. The summed E-state index contributed by atoms with van der Waals surface area (Å²) in [7, 11) is 0. The number of fused-ring (bicyclic) bond motifs is 1. The van der Waals surface area contributed by atoms with Gasteiger partial charge in [0, 0.05) is 18.2 Å². The number of carbonyl (C=O) groups is 1. The van der Waals surface area contributed by atoms with E-state index in [1.165, 1.54) is 19.3 Å². The number of hydrogen-bond donors (Lipinski definition) is 0. The smallest absolute Gasteiger partial charge is 0.254 e. The molecule has 1 aromatic carbocycles. The molecule has 2 aliphatic rings. The topological polar surface area (TPSA) is 20.3 Å². The molecule has 1 fully saturated rings. The van der Waals surface area contributed by atoms with E-state index in [1.807, 2.05) is 29.2 Å². The number of benzene rings is 1. The van der Waals surface area contributed by atoms with Gasteiger partial charge in [0.2, 0.25) is 0 Å². The normalized spacial score (nSPS) is 19.5. The molecule has 0 atom stereocenters. The Labute approximate surface area is 95.6 Å². The maximum atomic E-state index is 12.2. The highest BCUT2D eigenvalue weighted by Crippen LogP contribution is 2.34. The van der Waals surface area contributed by atoms with Gasteiger partial charge in [-0.3, -0.25) is 4.79 Å². The lowest BCUT2D eigenvalue weighted by molar-refractivity contribution is 0.0606. The van der Waals surface area contributed by atoms with E-state index in [0.717, 1.165) is 23.2 Å². The standard InChI is InChI=1S/C14H15NO/c1-2-10-5-3-8-12-13(10)9-15(14(12)16)11-6-4-7-11/h2-3,5,8,11H,1,4,6-7,9H2. The van der Waals surface area contributed by atoms with Crippen molar-refractivity contribution in [2.75, 3.05) is 0 Å². The van der Waals surface area contributed by atoms with Crippen LogP contribution in [0.2, 0.25) is 0 Å². The third-order valence-corrected chi connectivity index (χ3v) is 3.77. The fourth-order valence-corrected chi connectivity index (χ4v) is 2.56. The van der Waals surface area contributed by atoms with Crippen molar-refractivity contribution in [3.05, 3.63) is 41.5 Å². The van der Waals surface area contributed by atoms with Crippen molar-refractivity contribution in [1.29, 1.82) is 0 Å². The van der Waals surface area contributed by atoms with Crippen LogP contribution in [0.1, 0.15) is 40.7 Å². The van der Waals surface area contributed by atoms with Crippen molar-refractivity contribution in [2.24, 2.45) is 0 Å². The van der Waals surface area contributed by atoms with E-state index >= 15 is 0 Å². The zero-order chi connectivity index (χ0) is 11.1. The van der Waals surface area contributed by atoms with Gasteiger partial charge in [-0.05, 0) is 36.5 Å². The van der Waals surface area contributed by atoms with Gasteiger partial charge in [-0.15, -0.1) is 0 Å². The van der Waals surface area contributed by atoms with Crippen LogP contribution in [0.4, 0.5) is 0 Å². The molecule has 1 aliphatic carbocycles. The van der Waals surface area contributed by atoms with Crippen molar-refractivity contribution in [1.82, 2.24) is 4.90 Å². The van der Waals surface area contributed by atoms with Crippen LogP contribution in [0, 0.1) is 0 Å². The van der Waals surface area contributed by atoms with Crippen LogP contribution in [-0.2, 0) is 6.54 Å². The summed E-state index contributed by atoms with van der Waals surface area (Å²) in [5, 5.41) is 0. The maximum Gasteiger partial charge on any atom is 0.254 e. The van der Waals surface area contributed by atoms with Gasteiger partial charge in [0.05, 0.1) is 0 Å². The summed E-state index contributed by atoms with van der Waals surface area (Å²) in [6, 6.07) is 6.39. The number of rotatable bonds is 2. The Morgan fingerprint density at radius 3 is 2.81 bits per heavy atom. The van der Waals surface area contributed by atoms with E-state index in [-0.39, 0.29) is 5.91 Å². The Kier molecular flexibility index (Phi) is 2.10. The summed E-state index contributed by atoms with van der Waals surface area (Å²) in [6.45, 7) is 4.59. The van der Waals surface area contributed by atoms with E-state index < -0.39 is 0 Å². The predicted molar refractivity (Wildman–Crippen MR) is 64.0 cm³/mol. The summed E-state index contributed by atoms with van der Waals surface area (Å²) >= 11 is 0. The molecule has 0 bridgehead atoms.